The monoisotopic (exact) mass is 487 g/mol. The Kier molecular flexibility index (Phi) is 8.88. The summed E-state index contributed by atoms with van der Waals surface area (Å²) in [7, 11) is 1.63. The summed E-state index contributed by atoms with van der Waals surface area (Å²) in [5, 5.41) is 21.3. The molecule has 3 heterocycles. The summed E-state index contributed by atoms with van der Waals surface area (Å²) >= 11 is 0. The average Bonchev–Trinajstić information content (AvgIpc) is 2.91. The Bertz CT molecular complexity index is 1220. The maximum absolute atomic E-state index is 11.3. The van der Waals surface area contributed by atoms with Gasteiger partial charge in [0.15, 0.2) is 0 Å². The molecular formula is C29H33N3O4. The number of carbonyl (C=O) groups is 1. The maximum Gasteiger partial charge on any atom is 0.303 e. The van der Waals surface area contributed by atoms with Gasteiger partial charge >= 0.3 is 5.97 Å². The van der Waals surface area contributed by atoms with Gasteiger partial charge in [0.1, 0.15) is 11.4 Å². The molecule has 7 nitrogen and oxygen atoms in total. The molecular weight excluding hydrogens is 454 g/mol. The van der Waals surface area contributed by atoms with Crippen LogP contribution in [0.2, 0.25) is 0 Å². The molecule has 3 atom stereocenters. The Labute approximate surface area is 212 Å². The first-order chi connectivity index (χ1) is 17.5. The third-order valence-electron chi connectivity index (χ3n) is 7.04. The third-order valence-corrected chi connectivity index (χ3v) is 7.04. The second-order valence-electron chi connectivity index (χ2n) is 9.37. The molecule has 1 aliphatic rings. The second-order valence-corrected chi connectivity index (χ2v) is 9.37. The Morgan fingerprint density at radius 1 is 1.17 bits per heavy atom. The number of likely N-dealkylation sites (tertiary alicyclic amines) is 1. The molecule has 0 bridgehead atoms. The number of benzene rings is 1. The fourth-order valence-corrected chi connectivity index (χ4v) is 5.09. The van der Waals surface area contributed by atoms with Crippen molar-refractivity contribution < 1.29 is 19.7 Å². The number of methoxy groups -OCH3 is 1. The number of hydrogen-bond donors (Lipinski definition) is 2. The van der Waals surface area contributed by atoms with E-state index >= 15 is 0 Å². The van der Waals surface area contributed by atoms with Crippen LogP contribution in [0, 0.1) is 23.7 Å². The molecule has 1 fully saturated rings. The van der Waals surface area contributed by atoms with Crippen LogP contribution in [0.5, 0.6) is 5.75 Å². The van der Waals surface area contributed by atoms with Crippen molar-refractivity contribution in [1.82, 2.24) is 14.9 Å². The molecule has 0 spiro atoms. The predicted octanol–water partition coefficient (Wildman–Crippen LogP) is 4.31. The van der Waals surface area contributed by atoms with Gasteiger partial charge in [0, 0.05) is 30.7 Å². The molecule has 1 aliphatic heterocycles. The summed E-state index contributed by atoms with van der Waals surface area (Å²) in [6.45, 7) is 2.37. The van der Waals surface area contributed by atoms with Crippen LogP contribution in [0.3, 0.4) is 0 Å². The van der Waals surface area contributed by atoms with Crippen LogP contribution in [0.15, 0.2) is 54.9 Å². The van der Waals surface area contributed by atoms with Gasteiger partial charge in [-0.1, -0.05) is 12.0 Å². The number of carboxylic acids is 1. The number of aromatic nitrogens is 2. The van der Waals surface area contributed by atoms with Crippen molar-refractivity contribution in [1.29, 1.82) is 0 Å². The fourth-order valence-electron chi connectivity index (χ4n) is 5.09. The number of pyridine rings is 2. The van der Waals surface area contributed by atoms with E-state index in [0.29, 0.717) is 25.3 Å². The first-order valence-electron chi connectivity index (χ1n) is 12.5. The van der Waals surface area contributed by atoms with Gasteiger partial charge in [-0.2, -0.15) is 0 Å². The average molecular weight is 488 g/mol. The highest BCUT2D eigenvalue weighted by Gasteiger charge is 2.29. The van der Waals surface area contributed by atoms with Crippen LogP contribution in [0.4, 0.5) is 0 Å². The molecule has 2 N–H and O–H groups in total. The first-order valence-corrected chi connectivity index (χ1v) is 12.5. The topological polar surface area (TPSA) is 95.8 Å². The smallest absolute Gasteiger partial charge is 0.303 e. The van der Waals surface area contributed by atoms with E-state index in [-0.39, 0.29) is 12.3 Å². The first kappa shape index (κ1) is 25.6. The standard InChI is InChI=1S/C29H33N3O4/c1-36-24-9-10-27-26(19-24)25(13-16-31-27)28(33)11-7-21-14-18-32(20-22(21)8-12-29(34)35)17-4-6-23-5-2-3-15-30-23/h2-3,5,9-10,13,15-16,19,21-22,28,33H,7-8,11-12,14,17-18,20H2,1H3,(H,34,35)/t21-,22+,28?/m1/s1. The number of carboxylic acid groups (broad SMARTS) is 1. The van der Waals surface area contributed by atoms with Crippen LogP contribution >= 0.6 is 0 Å². The molecule has 0 amide bonds. The zero-order chi connectivity index (χ0) is 25.3. The largest absolute Gasteiger partial charge is 0.497 e. The Hall–Kier alpha value is -3.47. The molecule has 2 aromatic heterocycles. The second kappa shape index (κ2) is 12.5. The summed E-state index contributed by atoms with van der Waals surface area (Å²) in [6.07, 6.45) is 6.06. The van der Waals surface area contributed by atoms with Gasteiger partial charge in [-0.05, 0) is 91.9 Å². The zero-order valence-corrected chi connectivity index (χ0v) is 20.6. The Balaban J connectivity index is 1.39. The number of piperidine rings is 1. The van der Waals surface area contributed by atoms with Crippen LogP contribution < -0.4 is 4.74 Å². The molecule has 4 rings (SSSR count). The molecule has 7 heteroatoms. The van der Waals surface area contributed by atoms with E-state index < -0.39 is 12.1 Å². The lowest BCUT2D eigenvalue weighted by atomic mass is 9.79. The number of rotatable bonds is 9. The van der Waals surface area contributed by atoms with Gasteiger partial charge in [0.05, 0.1) is 25.3 Å². The highest BCUT2D eigenvalue weighted by Crippen LogP contribution is 2.35. The van der Waals surface area contributed by atoms with Crippen molar-refractivity contribution in [3.05, 3.63) is 66.1 Å². The number of aliphatic hydroxyl groups is 1. The number of nitrogens with zero attached hydrogens (tertiary/aromatic N) is 3. The van der Waals surface area contributed by atoms with Gasteiger partial charge in [0.25, 0.3) is 0 Å². The summed E-state index contributed by atoms with van der Waals surface area (Å²) in [6, 6.07) is 13.2. The van der Waals surface area contributed by atoms with Crippen LogP contribution in [0.25, 0.3) is 10.9 Å². The molecule has 1 saturated heterocycles. The highest BCUT2D eigenvalue weighted by molar-refractivity contribution is 5.83. The van der Waals surface area contributed by atoms with E-state index in [2.05, 4.69) is 26.7 Å². The van der Waals surface area contributed by atoms with Gasteiger partial charge in [-0.25, -0.2) is 4.98 Å². The maximum atomic E-state index is 11.3. The van der Waals surface area contributed by atoms with Gasteiger partial charge in [-0.15, -0.1) is 0 Å². The molecule has 1 aromatic carbocycles. The van der Waals surface area contributed by atoms with Gasteiger partial charge in [0.2, 0.25) is 0 Å². The summed E-state index contributed by atoms with van der Waals surface area (Å²) in [5.41, 5.74) is 2.43. The molecule has 1 unspecified atom stereocenters. The number of hydrogen-bond acceptors (Lipinski definition) is 6. The van der Waals surface area contributed by atoms with E-state index in [1.165, 1.54) is 0 Å². The quantitative estimate of drug-likeness (QED) is 0.434. The van der Waals surface area contributed by atoms with Crippen LogP contribution in [0.1, 0.15) is 49.5 Å². The minimum absolute atomic E-state index is 0.159. The lowest BCUT2D eigenvalue weighted by Gasteiger charge is -2.38. The lowest BCUT2D eigenvalue weighted by Crippen LogP contribution is -2.41. The van der Waals surface area contributed by atoms with Crippen molar-refractivity contribution in [2.75, 3.05) is 26.7 Å². The summed E-state index contributed by atoms with van der Waals surface area (Å²) in [5.74, 6) is 6.90. The van der Waals surface area contributed by atoms with E-state index in [1.54, 1.807) is 19.5 Å². The highest BCUT2D eigenvalue weighted by atomic mass is 16.5. The number of aliphatic carboxylic acids is 1. The summed E-state index contributed by atoms with van der Waals surface area (Å²) in [4.78, 5) is 22.2. The Morgan fingerprint density at radius 2 is 2.06 bits per heavy atom. The molecule has 0 saturated carbocycles. The third kappa shape index (κ3) is 6.81. The SMILES string of the molecule is COc1ccc2nccc(C(O)CC[C@@H]3CCN(CC#Cc4ccccn4)C[C@@H]3CCC(=O)O)c2c1. The number of ether oxygens (including phenoxy) is 1. The van der Waals surface area contributed by atoms with Crippen LogP contribution in [-0.2, 0) is 4.79 Å². The van der Waals surface area contributed by atoms with Gasteiger partial charge < -0.3 is 14.9 Å². The van der Waals surface area contributed by atoms with Crippen molar-refractivity contribution in [3.63, 3.8) is 0 Å². The minimum Gasteiger partial charge on any atom is -0.497 e. The van der Waals surface area contributed by atoms with Crippen molar-refractivity contribution in [3.8, 4) is 17.6 Å². The fraction of sp³-hybridized carbons (Fsp3) is 0.414. The van der Waals surface area contributed by atoms with E-state index in [1.807, 2.05) is 42.5 Å². The molecule has 3 aromatic rings. The number of fused-ring (bicyclic) bond motifs is 1. The number of aliphatic hydroxyl groups excluding tert-OH is 1. The molecule has 0 aliphatic carbocycles. The van der Waals surface area contributed by atoms with Crippen molar-refractivity contribution in [2.24, 2.45) is 11.8 Å². The molecule has 0 radical (unpaired) electrons. The minimum atomic E-state index is -0.766. The Morgan fingerprint density at radius 3 is 2.83 bits per heavy atom. The van der Waals surface area contributed by atoms with E-state index in [9.17, 15) is 15.0 Å². The van der Waals surface area contributed by atoms with Gasteiger partial charge in [-0.3, -0.25) is 14.7 Å². The predicted molar refractivity (Wildman–Crippen MR) is 139 cm³/mol. The van der Waals surface area contributed by atoms with Crippen molar-refractivity contribution >= 4 is 16.9 Å². The molecule has 188 valence electrons. The van der Waals surface area contributed by atoms with Crippen LogP contribution in [-0.4, -0.2) is 57.8 Å². The van der Waals surface area contributed by atoms with E-state index in [4.69, 9.17) is 4.74 Å². The normalized spacial score (nSPS) is 18.8. The van der Waals surface area contributed by atoms with Crippen molar-refractivity contribution in [2.45, 2.75) is 38.2 Å². The zero-order valence-electron chi connectivity index (χ0n) is 20.6. The lowest BCUT2D eigenvalue weighted by molar-refractivity contribution is -0.137. The van der Waals surface area contributed by atoms with E-state index in [0.717, 1.165) is 53.8 Å². The molecule has 36 heavy (non-hydrogen) atoms. The summed E-state index contributed by atoms with van der Waals surface area (Å²) < 4.78 is 5.36.